The van der Waals surface area contributed by atoms with Crippen LogP contribution in [0, 0.1) is 34.6 Å². The third-order valence-electron chi connectivity index (χ3n) is 5.45. The summed E-state index contributed by atoms with van der Waals surface area (Å²) >= 11 is 0. The Morgan fingerprint density at radius 3 is 2.32 bits per heavy atom. The molecule has 0 aliphatic heterocycles. The van der Waals surface area contributed by atoms with Crippen molar-refractivity contribution < 1.29 is 28.3 Å². The maximum Gasteiger partial charge on any atom is 0.331 e. The number of carbonyl (C=O) groups excluding carboxylic acids is 2. The lowest BCUT2D eigenvalue weighted by Gasteiger charge is -2.11. The highest BCUT2D eigenvalue weighted by Gasteiger charge is 2.15. The summed E-state index contributed by atoms with van der Waals surface area (Å²) in [6.45, 7) is 9.41. The first kappa shape index (κ1) is 24.8. The van der Waals surface area contributed by atoms with Crippen molar-refractivity contribution in [2.75, 3.05) is 13.7 Å². The largest absolute Gasteiger partial charge is 0.493 e. The van der Waals surface area contributed by atoms with Crippen LogP contribution in [-0.2, 0) is 16.1 Å². The molecule has 0 bridgehead atoms. The Balaban J connectivity index is 1.60. The van der Waals surface area contributed by atoms with Gasteiger partial charge in [-0.3, -0.25) is 4.79 Å². The van der Waals surface area contributed by atoms with Crippen molar-refractivity contribution in [2.24, 2.45) is 0 Å². The highest BCUT2D eigenvalue weighted by molar-refractivity contribution is 6.01. The third-order valence-corrected chi connectivity index (χ3v) is 5.45. The van der Waals surface area contributed by atoms with E-state index in [1.165, 1.54) is 6.08 Å². The van der Waals surface area contributed by atoms with Crippen molar-refractivity contribution >= 4 is 17.8 Å². The molecule has 0 aliphatic rings. The van der Waals surface area contributed by atoms with Crippen LogP contribution in [0.5, 0.6) is 11.5 Å². The summed E-state index contributed by atoms with van der Waals surface area (Å²) in [6, 6.07) is 9.18. The lowest BCUT2D eigenvalue weighted by atomic mass is 9.97. The van der Waals surface area contributed by atoms with E-state index in [1.807, 2.05) is 46.8 Å². The highest BCUT2D eigenvalue weighted by atomic mass is 16.5. The standard InChI is InChI=1S/C27H29NO6/c1-16-11-17(2)27(18(3)12-16)23(29)15-33-26(30)10-8-21-7-9-24(25(13-21)31-6)32-14-22-19(4)28-34-20(22)5/h7-13H,14-15H2,1-6H3/b10-8+. The molecule has 0 spiro atoms. The predicted octanol–water partition coefficient (Wildman–Crippen LogP) is 5.24. The van der Waals surface area contributed by atoms with Gasteiger partial charge in [0.2, 0.25) is 5.78 Å². The minimum absolute atomic E-state index is 0.224. The molecule has 0 amide bonds. The van der Waals surface area contributed by atoms with Gasteiger partial charge in [0.15, 0.2) is 18.1 Å². The normalized spacial score (nSPS) is 11.0. The molecule has 0 fully saturated rings. The highest BCUT2D eigenvalue weighted by Crippen LogP contribution is 2.30. The molecular weight excluding hydrogens is 434 g/mol. The Morgan fingerprint density at radius 2 is 1.71 bits per heavy atom. The summed E-state index contributed by atoms with van der Waals surface area (Å²) in [5.41, 5.74) is 5.81. The number of methoxy groups -OCH3 is 1. The zero-order valence-corrected chi connectivity index (χ0v) is 20.4. The second-order valence-electron chi connectivity index (χ2n) is 8.14. The Labute approximate surface area is 199 Å². The van der Waals surface area contributed by atoms with Gasteiger partial charge < -0.3 is 18.7 Å². The number of hydrogen-bond donors (Lipinski definition) is 0. The number of nitrogens with zero attached hydrogens (tertiary/aromatic N) is 1. The van der Waals surface area contributed by atoms with Crippen molar-refractivity contribution in [3.05, 3.63) is 81.2 Å². The zero-order chi connectivity index (χ0) is 24.8. The number of aromatic nitrogens is 1. The number of ether oxygens (including phenoxy) is 3. The number of hydrogen-bond acceptors (Lipinski definition) is 7. The van der Waals surface area contributed by atoms with Gasteiger partial charge in [-0.25, -0.2) is 4.79 Å². The Kier molecular flexibility index (Phi) is 7.89. The van der Waals surface area contributed by atoms with E-state index >= 15 is 0 Å². The van der Waals surface area contributed by atoms with Gasteiger partial charge in [0.1, 0.15) is 12.4 Å². The van der Waals surface area contributed by atoms with Crippen molar-refractivity contribution in [1.29, 1.82) is 0 Å². The first-order valence-electron chi connectivity index (χ1n) is 10.9. The molecule has 0 aliphatic carbocycles. The maximum atomic E-state index is 12.5. The summed E-state index contributed by atoms with van der Waals surface area (Å²) in [7, 11) is 1.54. The average molecular weight is 464 g/mol. The van der Waals surface area contributed by atoms with Gasteiger partial charge in [0.25, 0.3) is 0 Å². The lowest BCUT2D eigenvalue weighted by molar-refractivity contribution is -0.136. The maximum absolute atomic E-state index is 12.5. The van der Waals surface area contributed by atoms with E-state index < -0.39 is 5.97 Å². The van der Waals surface area contributed by atoms with Crippen molar-refractivity contribution in [3.63, 3.8) is 0 Å². The van der Waals surface area contributed by atoms with E-state index in [0.717, 1.165) is 33.5 Å². The van der Waals surface area contributed by atoms with Crippen LogP contribution in [0.25, 0.3) is 6.08 Å². The van der Waals surface area contributed by atoms with Crippen LogP contribution in [0.4, 0.5) is 0 Å². The van der Waals surface area contributed by atoms with E-state index in [1.54, 1.807) is 31.4 Å². The average Bonchev–Trinajstić information content (AvgIpc) is 3.11. The molecule has 0 atom stereocenters. The smallest absolute Gasteiger partial charge is 0.331 e. The third kappa shape index (κ3) is 5.92. The molecule has 7 nitrogen and oxygen atoms in total. The topological polar surface area (TPSA) is 87.9 Å². The van der Waals surface area contributed by atoms with E-state index in [2.05, 4.69) is 5.16 Å². The van der Waals surface area contributed by atoms with Crippen molar-refractivity contribution in [3.8, 4) is 11.5 Å². The minimum atomic E-state index is -0.603. The van der Waals surface area contributed by atoms with Crippen LogP contribution < -0.4 is 9.47 Å². The number of benzene rings is 2. The number of Topliss-reactive ketones (excluding diaryl/α,β-unsaturated/α-hetero) is 1. The summed E-state index contributed by atoms with van der Waals surface area (Å²) in [5, 5.41) is 3.92. The van der Waals surface area contributed by atoms with Crippen LogP contribution >= 0.6 is 0 Å². The number of carbonyl (C=O) groups is 2. The summed E-state index contributed by atoms with van der Waals surface area (Å²) in [4.78, 5) is 24.7. The van der Waals surface area contributed by atoms with Crippen LogP contribution in [0.1, 0.15) is 49.6 Å². The molecule has 1 heterocycles. The van der Waals surface area contributed by atoms with Gasteiger partial charge in [0.05, 0.1) is 18.4 Å². The van der Waals surface area contributed by atoms with Crippen molar-refractivity contribution in [1.82, 2.24) is 5.16 Å². The molecule has 2 aromatic carbocycles. The monoisotopic (exact) mass is 463 g/mol. The van der Waals surface area contributed by atoms with E-state index in [0.29, 0.717) is 29.4 Å². The molecule has 0 saturated heterocycles. The van der Waals surface area contributed by atoms with E-state index in [9.17, 15) is 9.59 Å². The van der Waals surface area contributed by atoms with Crippen LogP contribution in [-0.4, -0.2) is 30.6 Å². The first-order valence-corrected chi connectivity index (χ1v) is 10.9. The number of ketones is 1. The van der Waals surface area contributed by atoms with Crippen LogP contribution in [0.2, 0.25) is 0 Å². The fraction of sp³-hybridized carbons (Fsp3) is 0.296. The molecule has 0 saturated carbocycles. The van der Waals surface area contributed by atoms with Gasteiger partial charge in [-0.1, -0.05) is 28.9 Å². The molecule has 3 rings (SSSR count). The lowest BCUT2D eigenvalue weighted by Crippen LogP contribution is -2.15. The Bertz CT molecular complexity index is 1200. The van der Waals surface area contributed by atoms with Crippen molar-refractivity contribution in [2.45, 2.75) is 41.2 Å². The first-order chi connectivity index (χ1) is 16.2. The molecule has 0 unspecified atom stereocenters. The zero-order valence-electron chi connectivity index (χ0n) is 20.4. The molecular formula is C27H29NO6. The van der Waals surface area contributed by atoms with Gasteiger partial charge >= 0.3 is 5.97 Å². The quantitative estimate of drug-likeness (QED) is 0.243. The number of esters is 1. The second kappa shape index (κ2) is 10.8. The van der Waals surface area contributed by atoms with Crippen LogP contribution in [0.15, 0.2) is 40.9 Å². The minimum Gasteiger partial charge on any atom is -0.493 e. The molecule has 7 heteroatoms. The molecule has 178 valence electrons. The van der Waals surface area contributed by atoms with E-state index in [-0.39, 0.29) is 12.4 Å². The fourth-order valence-corrected chi connectivity index (χ4v) is 3.81. The van der Waals surface area contributed by atoms with E-state index in [4.69, 9.17) is 18.7 Å². The molecule has 0 N–H and O–H groups in total. The molecule has 3 aromatic rings. The molecule has 0 radical (unpaired) electrons. The SMILES string of the molecule is COc1cc(/C=C/C(=O)OCC(=O)c2c(C)cc(C)cc2C)ccc1OCc1c(C)noc1C. The van der Waals surface area contributed by atoms with Crippen LogP contribution in [0.3, 0.4) is 0 Å². The summed E-state index contributed by atoms with van der Waals surface area (Å²) in [6.07, 6.45) is 2.87. The fourth-order valence-electron chi connectivity index (χ4n) is 3.81. The summed E-state index contributed by atoms with van der Waals surface area (Å²) < 4.78 is 21.6. The Morgan fingerprint density at radius 1 is 1.00 bits per heavy atom. The predicted molar refractivity (Wildman–Crippen MR) is 128 cm³/mol. The molecule has 1 aromatic heterocycles. The summed E-state index contributed by atoms with van der Waals surface area (Å²) in [5.74, 6) is 0.951. The molecule has 34 heavy (non-hydrogen) atoms. The van der Waals surface area contributed by atoms with Gasteiger partial charge in [-0.05, 0) is 69.5 Å². The van der Waals surface area contributed by atoms with Gasteiger partial charge in [-0.15, -0.1) is 0 Å². The van der Waals surface area contributed by atoms with Gasteiger partial charge in [-0.2, -0.15) is 0 Å². The second-order valence-corrected chi connectivity index (χ2v) is 8.14. The Hall–Kier alpha value is -3.87. The van der Waals surface area contributed by atoms with Gasteiger partial charge in [0, 0.05) is 11.6 Å². The number of aryl methyl sites for hydroxylation is 5. The number of rotatable bonds is 9.